The fourth-order valence-electron chi connectivity index (χ4n) is 9.33. The van der Waals surface area contributed by atoms with Crippen LogP contribution in [0.15, 0.2) is 32.5 Å². The van der Waals surface area contributed by atoms with Crippen LogP contribution in [0.3, 0.4) is 0 Å². The SMILES string of the molecule is Cc1cn(C2CC(N=[N+]=[N-])C(COC(=O)[C@@]3(O)CC[C@H]4[C@@H]5CCC6=CC(=O)CC[C@]6(C)[C@H]5C(O)C[C@@]43C)O2)c(=O)[nH]c1=O. The van der Waals surface area contributed by atoms with Crippen LogP contribution in [-0.4, -0.2) is 62.0 Å². The minimum Gasteiger partial charge on any atom is -0.461 e. The molecule has 1 aromatic heterocycles. The van der Waals surface area contributed by atoms with Gasteiger partial charge in [0.25, 0.3) is 5.56 Å². The predicted molar refractivity (Wildman–Crippen MR) is 152 cm³/mol. The highest BCUT2D eigenvalue weighted by Crippen LogP contribution is 2.67. The summed E-state index contributed by atoms with van der Waals surface area (Å²) in [5.41, 5.74) is 6.31. The second kappa shape index (κ2) is 10.4. The number of esters is 1. The zero-order chi connectivity index (χ0) is 30.9. The Morgan fingerprint density at radius 1 is 1.26 bits per heavy atom. The van der Waals surface area contributed by atoms with E-state index in [0.29, 0.717) is 24.8 Å². The number of aromatic amines is 1. The van der Waals surface area contributed by atoms with E-state index < -0.39 is 52.7 Å². The number of nitrogens with zero attached hydrogens (tertiary/aromatic N) is 4. The van der Waals surface area contributed by atoms with Crippen LogP contribution in [0.5, 0.6) is 0 Å². The van der Waals surface area contributed by atoms with E-state index in [1.807, 2.05) is 6.92 Å². The highest BCUT2D eigenvalue weighted by Gasteiger charge is 2.69. The van der Waals surface area contributed by atoms with Gasteiger partial charge < -0.3 is 19.7 Å². The fourth-order valence-corrected chi connectivity index (χ4v) is 9.33. The summed E-state index contributed by atoms with van der Waals surface area (Å²) in [5.74, 6) is -0.630. The molecule has 13 heteroatoms. The lowest BCUT2D eigenvalue weighted by molar-refractivity contribution is -0.202. The number of allylic oxidation sites excluding steroid dienone is 1. The van der Waals surface area contributed by atoms with Gasteiger partial charge in [0.05, 0.1) is 12.1 Å². The molecule has 3 N–H and O–H groups in total. The molecule has 10 atom stereocenters. The first-order valence-corrected chi connectivity index (χ1v) is 15.2. The van der Waals surface area contributed by atoms with Gasteiger partial charge in [-0.1, -0.05) is 24.5 Å². The Hall–Kier alpha value is -3.25. The minimum absolute atomic E-state index is 0.00662. The Morgan fingerprint density at radius 3 is 2.77 bits per heavy atom. The van der Waals surface area contributed by atoms with Crippen molar-refractivity contribution >= 4 is 11.8 Å². The van der Waals surface area contributed by atoms with E-state index in [9.17, 15) is 29.4 Å². The van der Waals surface area contributed by atoms with Gasteiger partial charge in [0.15, 0.2) is 11.4 Å². The van der Waals surface area contributed by atoms with Crippen molar-refractivity contribution < 1.29 is 29.3 Å². The maximum atomic E-state index is 13.7. The summed E-state index contributed by atoms with van der Waals surface area (Å²) in [6.07, 6.45) is 4.54. The standard InChI is InChI=1S/C30H39N5O8/c1-15-13-35(27(40)32-25(15)38)23-11-20(33-34-31)22(43-23)14-42-26(39)30(41)9-7-19-18-5-4-16-10-17(36)6-8-28(16,2)24(18)21(37)12-29(19,30)3/h10,13,18-24,37,41H,4-9,11-12,14H2,1-3H3,(H,32,38,40)/t18-,19-,20?,21?,22?,23?,24+,28-,29-,30-/m0/s1. The van der Waals surface area contributed by atoms with Crippen LogP contribution in [0.25, 0.3) is 10.4 Å². The molecule has 6 rings (SSSR count). The average Bonchev–Trinajstić information content (AvgIpc) is 3.47. The lowest BCUT2D eigenvalue weighted by atomic mass is 9.45. The third-order valence-electron chi connectivity index (χ3n) is 11.6. The number of aromatic nitrogens is 2. The molecule has 2 heterocycles. The van der Waals surface area contributed by atoms with Crippen LogP contribution in [0, 0.1) is 35.5 Å². The molecule has 3 saturated carbocycles. The number of ether oxygens (including phenoxy) is 2. The zero-order valence-corrected chi connectivity index (χ0v) is 24.7. The third-order valence-corrected chi connectivity index (χ3v) is 11.6. The van der Waals surface area contributed by atoms with Gasteiger partial charge in [0.1, 0.15) is 18.9 Å². The highest BCUT2D eigenvalue weighted by atomic mass is 16.6. The van der Waals surface area contributed by atoms with Crippen molar-refractivity contribution in [2.24, 2.45) is 33.7 Å². The molecule has 232 valence electrons. The molecule has 0 bridgehead atoms. The van der Waals surface area contributed by atoms with Crippen LogP contribution in [0.4, 0.5) is 0 Å². The first-order chi connectivity index (χ1) is 20.3. The van der Waals surface area contributed by atoms with Crippen LogP contribution < -0.4 is 11.2 Å². The Labute approximate surface area is 247 Å². The van der Waals surface area contributed by atoms with E-state index in [0.717, 1.165) is 18.4 Å². The summed E-state index contributed by atoms with van der Waals surface area (Å²) in [5, 5.41) is 27.4. The van der Waals surface area contributed by atoms with Crippen LogP contribution in [0.1, 0.15) is 77.0 Å². The predicted octanol–water partition coefficient (Wildman–Crippen LogP) is 2.59. The molecule has 1 aromatic rings. The van der Waals surface area contributed by atoms with Gasteiger partial charge in [-0.2, -0.15) is 0 Å². The van der Waals surface area contributed by atoms with Gasteiger partial charge in [-0.05, 0) is 80.2 Å². The molecule has 4 unspecified atom stereocenters. The first kappa shape index (κ1) is 29.8. The Balaban J connectivity index is 1.19. The van der Waals surface area contributed by atoms with Crippen molar-refractivity contribution in [2.45, 2.75) is 102 Å². The molecule has 1 aliphatic heterocycles. The second-order valence-corrected chi connectivity index (χ2v) is 13.7. The lowest BCUT2D eigenvalue weighted by Gasteiger charge is -2.60. The zero-order valence-electron chi connectivity index (χ0n) is 24.7. The average molecular weight is 598 g/mol. The molecule has 5 aliphatic rings. The summed E-state index contributed by atoms with van der Waals surface area (Å²) >= 11 is 0. The topological polar surface area (TPSA) is 197 Å². The Kier molecular flexibility index (Phi) is 7.23. The third kappa shape index (κ3) is 4.51. The monoisotopic (exact) mass is 597 g/mol. The van der Waals surface area contributed by atoms with Crippen molar-refractivity contribution in [2.75, 3.05) is 6.61 Å². The molecule has 43 heavy (non-hydrogen) atoms. The maximum absolute atomic E-state index is 13.7. The van der Waals surface area contributed by atoms with Crippen molar-refractivity contribution in [1.29, 1.82) is 0 Å². The van der Waals surface area contributed by atoms with E-state index in [1.54, 1.807) is 13.0 Å². The number of fused-ring (bicyclic) bond motifs is 5. The normalized spacial score (nSPS) is 41.8. The summed E-state index contributed by atoms with van der Waals surface area (Å²) in [7, 11) is 0. The number of carbonyl (C=O) groups is 2. The lowest BCUT2D eigenvalue weighted by Crippen LogP contribution is -2.62. The molecule has 4 aliphatic carbocycles. The molecule has 1 saturated heterocycles. The number of rotatable bonds is 5. The number of azide groups is 1. The Bertz CT molecular complexity index is 1550. The molecule has 0 radical (unpaired) electrons. The van der Waals surface area contributed by atoms with Gasteiger partial charge in [-0.25, -0.2) is 9.59 Å². The minimum atomic E-state index is -1.83. The summed E-state index contributed by atoms with van der Waals surface area (Å²) in [6.45, 7) is 5.27. The Morgan fingerprint density at radius 2 is 2.02 bits per heavy atom. The largest absolute Gasteiger partial charge is 0.461 e. The van der Waals surface area contributed by atoms with Crippen LogP contribution >= 0.6 is 0 Å². The molecule has 0 aromatic carbocycles. The van der Waals surface area contributed by atoms with Gasteiger partial charge in [0.2, 0.25) is 0 Å². The number of aliphatic hydroxyl groups excluding tert-OH is 1. The van der Waals surface area contributed by atoms with Crippen molar-refractivity contribution in [1.82, 2.24) is 9.55 Å². The van der Waals surface area contributed by atoms with Gasteiger partial charge in [-0.15, -0.1) is 0 Å². The van der Waals surface area contributed by atoms with E-state index >= 15 is 0 Å². The molecular weight excluding hydrogens is 558 g/mol. The van der Waals surface area contributed by atoms with Crippen LogP contribution in [-0.2, 0) is 19.1 Å². The number of carbonyl (C=O) groups excluding carboxylic acids is 2. The number of aryl methyl sites for hydroxylation is 1. The second-order valence-electron chi connectivity index (χ2n) is 13.7. The van der Waals surface area contributed by atoms with Crippen molar-refractivity contribution in [3.8, 4) is 0 Å². The number of aliphatic hydroxyl groups is 2. The first-order valence-electron chi connectivity index (χ1n) is 15.2. The maximum Gasteiger partial charge on any atom is 0.338 e. The molecule has 13 nitrogen and oxygen atoms in total. The van der Waals surface area contributed by atoms with Gasteiger partial charge in [0, 0.05) is 34.9 Å². The molecule has 4 fully saturated rings. The molecule has 0 amide bonds. The summed E-state index contributed by atoms with van der Waals surface area (Å²) < 4.78 is 12.9. The molecular formula is C30H39N5O8. The van der Waals surface area contributed by atoms with Gasteiger partial charge >= 0.3 is 11.7 Å². The fraction of sp³-hybridized carbons (Fsp3) is 0.733. The van der Waals surface area contributed by atoms with E-state index in [2.05, 4.69) is 21.9 Å². The highest BCUT2D eigenvalue weighted by molar-refractivity contribution is 5.91. The van der Waals surface area contributed by atoms with Gasteiger partial charge in [-0.3, -0.25) is 19.1 Å². The number of H-pyrrole nitrogens is 1. The number of hydrogen-bond donors (Lipinski definition) is 3. The van der Waals surface area contributed by atoms with E-state index in [-0.39, 0.29) is 54.8 Å². The number of hydrogen-bond acceptors (Lipinski definition) is 9. The van der Waals surface area contributed by atoms with E-state index in [4.69, 9.17) is 15.0 Å². The summed E-state index contributed by atoms with van der Waals surface area (Å²) in [4.78, 5) is 55.1. The smallest absolute Gasteiger partial charge is 0.338 e. The van der Waals surface area contributed by atoms with Crippen molar-refractivity contribution in [3.05, 3.63) is 54.7 Å². The number of ketones is 1. The summed E-state index contributed by atoms with van der Waals surface area (Å²) in [6, 6.07) is -0.756. The number of nitrogens with one attached hydrogen (secondary N) is 1. The van der Waals surface area contributed by atoms with Crippen LogP contribution in [0.2, 0.25) is 0 Å². The van der Waals surface area contributed by atoms with E-state index in [1.165, 1.54) is 10.8 Å². The van der Waals surface area contributed by atoms with Crippen molar-refractivity contribution in [3.63, 3.8) is 0 Å². The molecule has 0 spiro atoms. The quantitative estimate of drug-likeness (QED) is 0.199.